The van der Waals surface area contributed by atoms with Crippen molar-refractivity contribution in [2.75, 3.05) is 0 Å². The van der Waals surface area contributed by atoms with Crippen LogP contribution in [0.15, 0.2) is 36.4 Å². The summed E-state index contributed by atoms with van der Waals surface area (Å²) in [6.07, 6.45) is 0. The van der Waals surface area contributed by atoms with Crippen LogP contribution in [0.4, 0.5) is 0 Å². The Kier molecular flexibility index (Phi) is 2.64. The third-order valence-electron chi connectivity index (χ3n) is 2.67. The zero-order chi connectivity index (χ0) is 9.54. The van der Waals surface area contributed by atoms with Gasteiger partial charge in [0.2, 0.25) is 0 Å². The maximum absolute atomic E-state index is 3.42. The van der Waals surface area contributed by atoms with Gasteiger partial charge in [0.1, 0.15) is 0 Å². The summed E-state index contributed by atoms with van der Waals surface area (Å²) in [5.74, 6) is 0. The fraction of sp³-hybridized carbons (Fsp3) is 0.0769. The molecule has 0 aliphatic carbocycles. The van der Waals surface area contributed by atoms with Crippen molar-refractivity contribution in [2.24, 2.45) is 0 Å². The summed E-state index contributed by atoms with van der Waals surface area (Å²) >= 11 is 0. The van der Waals surface area contributed by atoms with Crippen LogP contribution in [0.5, 0.6) is 0 Å². The van der Waals surface area contributed by atoms with Crippen LogP contribution in [-0.4, -0.2) is 4.98 Å². The zero-order valence-electron chi connectivity index (χ0n) is 8.30. The van der Waals surface area contributed by atoms with Gasteiger partial charge in [-0.3, -0.25) is 0 Å². The van der Waals surface area contributed by atoms with E-state index in [-0.39, 0.29) is 20.1 Å². The van der Waals surface area contributed by atoms with Crippen LogP contribution in [-0.2, 0) is 20.1 Å². The van der Waals surface area contributed by atoms with Crippen LogP contribution in [0, 0.1) is 13.0 Å². The fourth-order valence-corrected chi connectivity index (χ4v) is 1.95. The van der Waals surface area contributed by atoms with Crippen molar-refractivity contribution in [2.45, 2.75) is 6.92 Å². The molecule has 1 heterocycles. The van der Waals surface area contributed by atoms with Crippen molar-refractivity contribution >= 4 is 21.8 Å². The van der Waals surface area contributed by atoms with E-state index in [9.17, 15) is 0 Å². The largest absolute Gasteiger partial charge is 0.407 e. The van der Waals surface area contributed by atoms with E-state index in [0.717, 1.165) is 0 Å². The smallest absolute Gasteiger partial charge is 0.0333 e. The Morgan fingerprint density at radius 3 is 2.73 bits per heavy atom. The molecule has 0 atom stereocenters. The molecule has 0 aliphatic rings. The molecule has 0 fully saturated rings. The Hall–Kier alpha value is -1.11. The first kappa shape index (κ1) is 10.4. The molecule has 77 valence electrons. The Balaban J connectivity index is 0.000000853. The van der Waals surface area contributed by atoms with Crippen molar-refractivity contribution in [3.05, 3.63) is 48.0 Å². The maximum atomic E-state index is 3.42. The number of para-hydroxylation sites is 1. The van der Waals surface area contributed by atoms with Crippen LogP contribution >= 0.6 is 0 Å². The Labute approximate surface area is 102 Å². The summed E-state index contributed by atoms with van der Waals surface area (Å²) in [5.41, 5.74) is 3.58. The average Bonchev–Trinajstić information content (AvgIpc) is 2.59. The Morgan fingerprint density at radius 1 is 1.07 bits per heavy atom. The predicted molar refractivity (Wildman–Crippen MR) is 59.4 cm³/mol. The molecule has 1 aromatic heterocycles. The third kappa shape index (κ3) is 1.50. The number of rotatable bonds is 0. The van der Waals surface area contributed by atoms with Crippen molar-refractivity contribution < 1.29 is 20.1 Å². The molecular formula is C13H10IrN-. The number of hydrogen-bond donors (Lipinski definition) is 1. The number of aromatic amines is 1. The van der Waals surface area contributed by atoms with Gasteiger partial charge < -0.3 is 4.98 Å². The standard InChI is InChI=1S/C13H10N.Ir/c1-9-5-4-7-11-10-6-2-3-8-12(10)14-13(9)11;/h2-4,6-8,14H,1H3;/q-1;. The maximum Gasteiger partial charge on any atom is 0.0333 e. The normalized spacial score (nSPS) is 10.5. The number of nitrogens with one attached hydrogen (secondary N) is 1. The van der Waals surface area contributed by atoms with Crippen molar-refractivity contribution in [3.8, 4) is 0 Å². The molecule has 2 aromatic carbocycles. The van der Waals surface area contributed by atoms with Gasteiger partial charge in [0.25, 0.3) is 0 Å². The minimum Gasteiger partial charge on any atom is -0.407 e. The average molecular weight is 372 g/mol. The minimum absolute atomic E-state index is 0. The fourth-order valence-electron chi connectivity index (χ4n) is 1.95. The molecule has 1 nitrogen and oxygen atoms in total. The van der Waals surface area contributed by atoms with Gasteiger partial charge >= 0.3 is 0 Å². The molecule has 1 radical (unpaired) electrons. The Bertz CT molecular complexity index is 610. The molecular weight excluding hydrogens is 362 g/mol. The van der Waals surface area contributed by atoms with E-state index in [1.54, 1.807) is 0 Å². The quantitative estimate of drug-likeness (QED) is 0.582. The van der Waals surface area contributed by atoms with Crippen molar-refractivity contribution in [1.29, 1.82) is 0 Å². The summed E-state index contributed by atoms with van der Waals surface area (Å²) in [7, 11) is 0. The number of fused-ring (bicyclic) bond motifs is 3. The zero-order valence-corrected chi connectivity index (χ0v) is 10.7. The van der Waals surface area contributed by atoms with Crippen LogP contribution in [0.25, 0.3) is 21.8 Å². The molecule has 15 heavy (non-hydrogen) atoms. The molecule has 0 saturated heterocycles. The second-order valence-electron chi connectivity index (χ2n) is 3.56. The van der Waals surface area contributed by atoms with Gasteiger partial charge in [-0.05, 0) is 11.5 Å². The Morgan fingerprint density at radius 2 is 1.87 bits per heavy atom. The number of H-pyrrole nitrogens is 1. The number of aromatic nitrogens is 1. The number of hydrogen-bond acceptors (Lipinski definition) is 0. The van der Waals surface area contributed by atoms with Crippen LogP contribution in [0.3, 0.4) is 0 Å². The molecule has 0 bridgehead atoms. The van der Waals surface area contributed by atoms with Gasteiger partial charge in [-0.2, -0.15) is 18.2 Å². The van der Waals surface area contributed by atoms with Crippen LogP contribution < -0.4 is 0 Å². The van der Waals surface area contributed by atoms with E-state index >= 15 is 0 Å². The second-order valence-corrected chi connectivity index (χ2v) is 3.56. The summed E-state index contributed by atoms with van der Waals surface area (Å²) in [6, 6.07) is 15.7. The van der Waals surface area contributed by atoms with E-state index in [1.807, 2.05) is 6.07 Å². The van der Waals surface area contributed by atoms with Gasteiger partial charge in [0.15, 0.2) is 0 Å². The van der Waals surface area contributed by atoms with E-state index in [1.165, 1.54) is 27.4 Å². The van der Waals surface area contributed by atoms with Gasteiger partial charge in [-0.1, -0.05) is 30.6 Å². The van der Waals surface area contributed by atoms with E-state index in [4.69, 9.17) is 0 Å². The molecule has 3 rings (SSSR count). The first-order valence-electron chi connectivity index (χ1n) is 4.74. The first-order valence-corrected chi connectivity index (χ1v) is 4.74. The summed E-state index contributed by atoms with van der Waals surface area (Å²) in [6.45, 7) is 2.08. The minimum atomic E-state index is 0. The van der Waals surface area contributed by atoms with E-state index in [2.05, 4.69) is 48.3 Å². The molecule has 1 N–H and O–H groups in total. The number of aryl methyl sites for hydroxylation is 1. The topological polar surface area (TPSA) is 15.8 Å². The first-order chi connectivity index (χ1) is 6.86. The molecule has 3 aromatic rings. The molecule has 0 aliphatic heterocycles. The van der Waals surface area contributed by atoms with E-state index in [0.29, 0.717) is 0 Å². The van der Waals surface area contributed by atoms with Gasteiger partial charge in [0, 0.05) is 25.6 Å². The van der Waals surface area contributed by atoms with Gasteiger partial charge in [0.05, 0.1) is 0 Å². The monoisotopic (exact) mass is 373 g/mol. The molecule has 0 saturated carbocycles. The third-order valence-corrected chi connectivity index (χ3v) is 2.67. The second kappa shape index (κ2) is 3.80. The summed E-state index contributed by atoms with van der Waals surface area (Å²) in [4.78, 5) is 3.42. The molecule has 2 heteroatoms. The summed E-state index contributed by atoms with van der Waals surface area (Å²) < 4.78 is 0. The van der Waals surface area contributed by atoms with Gasteiger partial charge in [-0.15, -0.1) is 10.9 Å². The van der Waals surface area contributed by atoms with Crippen molar-refractivity contribution in [1.82, 2.24) is 4.98 Å². The van der Waals surface area contributed by atoms with Crippen molar-refractivity contribution in [3.63, 3.8) is 0 Å². The van der Waals surface area contributed by atoms with E-state index < -0.39 is 0 Å². The molecule has 0 spiro atoms. The van der Waals surface area contributed by atoms with Crippen LogP contribution in [0.2, 0.25) is 0 Å². The van der Waals surface area contributed by atoms with Crippen LogP contribution in [0.1, 0.15) is 5.56 Å². The predicted octanol–water partition coefficient (Wildman–Crippen LogP) is 3.43. The number of benzene rings is 2. The van der Waals surface area contributed by atoms with Gasteiger partial charge in [-0.25, -0.2) is 0 Å². The SMILES string of the molecule is Cc1[c-]ccc2c1[nH]c1ccccc12.[Ir]. The molecule has 0 unspecified atom stereocenters. The summed E-state index contributed by atoms with van der Waals surface area (Å²) in [5, 5.41) is 2.58. The molecule has 0 amide bonds.